The van der Waals surface area contributed by atoms with Gasteiger partial charge in [0.25, 0.3) is 11.8 Å². The van der Waals surface area contributed by atoms with Crippen LogP contribution in [0.15, 0.2) is 59.2 Å². The fraction of sp³-hybridized carbons (Fsp3) is 0.240. The smallest absolute Gasteiger partial charge is 0.271 e. The molecular formula is C25H23ClN2O4. The first-order valence-electron chi connectivity index (χ1n) is 10.1. The number of ether oxygens (including phenoxy) is 2. The van der Waals surface area contributed by atoms with Gasteiger partial charge in [0.1, 0.15) is 18.2 Å². The minimum Gasteiger partial charge on any atom is -0.493 e. The Kier molecular flexibility index (Phi) is 7.34. The largest absolute Gasteiger partial charge is 0.493 e. The summed E-state index contributed by atoms with van der Waals surface area (Å²) in [7, 11) is 1.54. The van der Waals surface area contributed by atoms with Gasteiger partial charge in [-0.25, -0.2) is 0 Å². The zero-order valence-electron chi connectivity index (χ0n) is 18.1. The standard InChI is InChI=1S/C25H23ClN2O4/c1-4-11-28-24(29)20(16(2)21(14-27)25(28)30)12-18-7-10-22(23(13-18)31-3)32-15-17-5-8-19(26)9-6-17/h5-10,12-13H,4,11,15H2,1-3H3/b20-12+. The van der Waals surface area contributed by atoms with E-state index in [4.69, 9.17) is 21.1 Å². The molecule has 0 spiro atoms. The minimum absolute atomic E-state index is 0.0146. The lowest BCUT2D eigenvalue weighted by Gasteiger charge is -2.27. The van der Waals surface area contributed by atoms with Gasteiger partial charge in [-0.1, -0.05) is 36.7 Å². The molecule has 2 amide bonds. The summed E-state index contributed by atoms with van der Waals surface area (Å²) in [5, 5.41) is 10.1. The van der Waals surface area contributed by atoms with Gasteiger partial charge >= 0.3 is 0 Å². The van der Waals surface area contributed by atoms with Crippen LogP contribution in [0.1, 0.15) is 31.4 Å². The maximum atomic E-state index is 12.9. The van der Waals surface area contributed by atoms with Crippen LogP contribution in [0.25, 0.3) is 6.08 Å². The number of hydrogen-bond donors (Lipinski definition) is 0. The molecule has 0 N–H and O–H groups in total. The maximum absolute atomic E-state index is 12.9. The monoisotopic (exact) mass is 450 g/mol. The summed E-state index contributed by atoms with van der Waals surface area (Å²) >= 11 is 5.91. The first kappa shape index (κ1) is 23.1. The van der Waals surface area contributed by atoms with E-state index in [1.165, 1.54) is 7.11 Å². The van der Waals surface area contributed by atoms with Gasteiger partial charge in [0.05, 0.1) is 7.11 Å². The van der Waals surface area contributed by atoms with Crippen LogP contribution in [0, 0.1) is 11.3 Å². The molecule has 0 bridgehead atoms. The topological polar surface area (TPSA) is 79.6 Å². The van der Waals surface area contributed by atoms with Gasteiger partial charge in [-0.2, -0.15) is 5.26 Å². The number of hydrogen-bond acceptors (Lipinski definition) is 5. The third kappa shape index (κ3) is 4.84. The van der Waals surface area contributed by atoms with E-state index in [-0.39, 0.29) is 12.1 Å². The van der Waals surface area contributed by atoms with Crippen molar-refractivity contribution in [2.45, 2.75) is 26.9 Å². The Bertz CT molecular complexity index is 1140. The Morgan fingerprint density at radius 3 is 2.44 bits per heavy atom. The van der Waals surface area contributed by atoms with Crippen LogP contribution in [0.3, 0.4) is 0 Å². The fourth-order valence-electron chi connectivity index (χ4n) is 3.36. The molecule has 0 radical (unpaired) electrons. The lowest BCUT2D eigenvalue weighted by Crippen LogP contribution is -2.43. The summed E-state index contributed by atoms with van der Waals surface area (Å²) in [4.78, 5) is 26.5. The predicted octanol–water partition coefficient (Wildman–Crippen LogP) is 4.93. The molecule has 0 saturated heterocycles. The minimum atomic E-state index is -0.544. The van der Waals surface area contributed by atoms with E-state index in [0.717, 1.165) is 10.5 Å². The highest BCUT2D eigenvalue weighted by atomic mass is 35.5. The van der Waals surface area contributed by atoms with Crippen molar-refractivity contribution in [2.75, 3.05) is 13.7 Å². The number of nitrogens with zero attached hydrogens (tertiary/aromatic N) is 2. The van der Waals surface area contributed by atoms with E-state index >= 15 is 0 Å². The zero-order valence-corrected chi connectivity index (χ0v) is 18.9. The Hall–Kier alpha value is -3.56. The number of carbonyl (C=O) groups excluding carboxylic acids is 2. The number of imide groups is 1. The highest BCUT2D eigenvalue weighted by Crippen LogP contribution is 2.32. The second-order valence-electron chi connectivity index (χ2n) is 7.26. The normalized spacial score (nSPS) is 15.2. The van der Waals surface area contributed by atoms with Crippen molar-refractivity contribution in [2.24, 2.45) is 0 Å². The van der Waals surface area contributed by atoms with Crippen molar-refractivity contribution in [1.29, 1.82) is 5.26 Å². The summed E-state index contributed by atoms with van der Waals surface area (Å²) in [5.41, 5.74) is 2.31. The lowest BCUT2D eigenvalue weighted by molar-refractivity contribution is -0.140. The third-order valence-corrected chi connectivity index (χ3v) is 5.33. The van der Waals surface area contributed by atoms with Crippen LogP contribution in [0.2, 0.25) is 5.02 Å². The SMILES string of the molecule is CCCN1C(=O)C(C#N)=C(C)/C(=C\c2ccc(OCc3ccc(Cl)cc3)c(OC)c2)C1=O. The number of rotatable bonds is 7. The summed E-state index contributed by atoms with van der Waals surface area (Å²) in [6.07, 6.45) is 2.27. The second-order valence-corrected chi connectivity index (χ2v) is 7.69. The molecule has 0 fully saturated rings. The second kappa shape index (κ2) is 10.2. The van der Waals surface area contributed by atoms with Crippen molar-refractivity contribution in [3.63, 3.8) is 0 Å². The van der Waals surface area contributed by atoms with Crippen LogP contribution in [0.5, 0.6) is 11.5 Å². The molecule has 0 unspecified atom stereocenters. The molecule has 32 heavy (non-hydrogen) atoms. The van der Waals surface area contributed by atoms with Gasteiger partial charge in [0, 0.05) is 17.1 Å². The molecule has 164 valence electrons. The molecule has 0 aromatic heterocycles. The molecule has 7 heteroatoms. The van der Waals surface area contributed by atoms with Crippen molar-refractivity contribution in [3.05, 3.63) is 75.3 Å². The molecule has 0 atom stereocenters. The molecular weight excluding hydrogens is 428 g/mol. The highest BCUT2D eigenvalue weighted by molar-refractivity contribution is 6.30. The van der Waals surface area contributed by atoms with Crippen molar-refractivity contribution in [1.82, 2.24) is 4.90 Å². The number of amides is 2. The van der Waals surface area contributed by atoms with Crippen LogP contribution in [-0.2, 0) is 16.2 Å². The first-order chi connectivity index (χ1) is 15.4. The molecule has 6 nitrogen and oxygen atoms in total. The number of halogens is 1. The first-order valence-corrected chi connectivity index (χ1v) is 10.5. The van der Waals surface area contributed by atoms with E-state index in [0.29, 0.717) is 46.3 Å². The summed E-state index contributed by atoms with van der Waals surface area (Å²) in [6.45, 7) is 4.08. The van der Waals surface area contributed by atoms with E-state index < -0.39 is 11.8 Å². The molecule has 2 aromatic rings. The van der Waals surface area contributed by atoms with Gasteiger partial charge in [0.15, 0.2) is 11.5 Å². The fourth-order valence-corrected chi connectivity index (χ4v) is 3.48. The van der Waals surface area contributed by atoms with Crippen molar-refractivity contribution >= 4 is 29.5 Å². The summed E-state index contributed by atoms with van der Waals surface area (Å²) in [5.74, 6) is 0.0976. The van der Waals surface area contributed by atoms with Gasteiger partial charge in [-0.3, -0.25) is 14.5 Å². The Balaban J connectivity index is 1.91. The quantitative estimate of drug-likeness (QED) is 0.441. The van der Waals surface area contributed by atoms with Gasteiger partial charge in [-0.05, 0) is 60.4 Å². The van der Waals surface area contributed by atoms with Crippen LogP contribution < -0.4 is 9.47 Å². The van der Waals surface area contributed by atoms with E-state index in [1.807, 2.05) is 25.1 Å². The molecule has 3 rings (SSSR count). The zero-order chi connectivity index (χ0) is 23.3. The highest BCUT2D eigenvalue weighted by Gasteiger charge is 2.34. The Labute approximate surface area is 192 Å². The molecule has 1 aliphatic rings. The Morgan fingerprint density at radius 1 is 1.09 bits per heavy atom. The Morgan fingerprint density at radius 2 is 1.81 bits per heavy atom. The molecule has 0 aliphatic carbocycles. The molecule has 0 saturated carbocycles. The molecule has 2 aromatic carbocycles. The number of nitriles is 1. The molecule has 1 heterocycles. The molecule has 1 aliphatic heterocycles. The lowest BCUT2D eigenvalue weighted by atomic mass is 9.93. The number of methoxy groups -OCH3 is 1. The average molecular weight is 451 g/mol. The number of carbonyl (C=O) groups is 2. The van der Waals surface area contributed by atoms with Crippen LogP contribution in [0.4, 0.5) is 0 Å². The van der Waals surface area contributed by atoms with Gasteiger partial charge in [0.2, 0.25) is 0 Å². The van der Waals surface area contributed by atoms with Gasteiger partial charge < -0.3 is 9.47 Å². The van der Waals surface area contributed by atoms with Crippen molar-refractivity contribution in [3.8, 4) is 17.6 Å². The van der Waals surface area contributed by atoms with Crippen LogP contribution >= 0.6 is 11.6 Å². The van der Waals surface area contributed by atoms with E-state index in [1.54, 1.807) is 43.3 Å². The van der Waals surface area contributed by atoms with Crippen molar-refractivity contribution < 1.29 is 19.1 Å². The summed E-state index contributed by atoms with van der Waals surface area (Å²) < 4.78 is 11.3. The third-order valence-electron chi connectivity index (χ3n) is 5.08. The summed E-state index contributed by atoms with van der Waals surface area (Å²) in [6, 6.07) is 14.6. The van der Waals surface area contributed by atoms with Crippen LogP contribution in [-0.4, -0.2) is 30.4 Å². The maximum Gasteiger partial charge on any atom is 0.271 e. The average Bonchev–Trinajstić information content (AvgIpc) is 2.80. The van der Waals surface area contributed by atoms with Gasteiger partial charge in [-0.15, -0.1) is 0 Å². The van der Waals surface area contributed by atoms with E-state index in [9.17, 15) is 14.9 Å². The predicted molar refractivity (Wildman–Crippen MR) is 122 cm³/mol. The van der Waals surface area contributed by atoms with E-state index in [2.05, 4.69) is 0 Å². The number of benzene rings is 2.